The number of benzene rings is 1. The lowest BCUT2D eigenvalue weighted by atomic mass is 10.1. The van der Waals surface area contributed by atoms with Gasteiger partial charge in [0.15, 0.2) is 0 Å². The number of amides is 1. The first-order valence-electron chi connectivity index (χ1n) is 8.48. The minimum absolute atomic E-state index is 0.0286. The average Bonchev–Trinajstić information content (AvgIpc) is 2.76. The Bertz CT molecular complexity index is 733. The lowest BCUT2D eigenvalue weighted by Gasteiger charge is -2.32. The van der Waals surface area contributed by atoms with Gasteiger partial charge in [-0.2, -0.15) is 4.31 Å². The van der Waals surface area contributed by atoms with Crippen LogP contribution in [0.5, 0.6) is 0 Å². The van der Waals surface area contributed by atoms with Crippen LogP contribution < -0.4 is 4.90 Å². The minimum Gasteiger partial charge on any atom is -0.311 e. The molecule has 2 aliphatic heterocycles. The number of hydrogen-bond acceptors (Lipinski definition) is 4. The highest BCUT2D eigenvalue weighted by Gasteiger charge is 2.32. The van der Waals surface area contributed by atoms with Crippen molar-refractivity contribution in [3.05, 3.63) is 18.2 Å². The molecule has 0 N–H and O–H groups in total. The zero-order chi connectivity index (χ0) is 17.3. The van der Waals surface area contributed by atoms with Gasteiger partial charge in [-0.3, -0.25) is 4.79 Å². The first kappa shape index (κ1) is 17.8. The van der Waals surface area contributed by atoms with Crippen LogP contribution in [0.25, 0.3) is 0 Å². The fraction of sp³-hybridized carbons (Fsp3) is 0.588. The molecule has 1 saturated heterocycles. The van der Waals surface area contributed by atoms with Crippen molar-refractivity contribution in [3.8, 4) is 0 Å². The maximum Gasteiger partial charge on any atom is 0.243 e. The SMILES string of the molecule is CC(=O)N1CCCSc2ccc(S(=O)(=O)N3CCCC[C@@H]3C)cc21. The lowest BCUT2D eigenvalue weighted by molar-refractivity contribution is -0.116. The summed E-state index contributed by atoms with van der Waals surface area (Å²) in [7, 11) is -3.52. The van der Waals surface area contributed by atoms with E-state index < -0.39 is 10.0 Å². The van der Waals surface area contributed by atoms with E-state index in [-0.39, 0.29) is 11.9 Å². The molecule has 0 saturated carbocycles. The molecule has 1 aromatic carbocycles. The lowest BCUT2D eigenvalue weighted by Crippen LogP contribution is -2.42. The van der Waals surface area contributed by atoms with E-state index in [1.165, 1.54) is 6.92 Å². The van der Waals surface area contributed by atoms with Crippen molar-refractivity contribution >= 4 is 33.4 Å². The molecule has 0 radical (unpaired) electrons. The zero-order valence-electron chi connectivity index (χ0n) is 14.2. The van der Waals surface area contributed by atoms with Crippen LogP contribution in [0.2, 0.25) is 0 Å². The Morgan fingerprint density at radius 3 is 2.71 bits per heavy atom. The molecule has 24 heavy (non-hydrogen) atoms. The molecule has 5 nitrogen and oxygen atoms in total. The molecular weight excluding hydrogens is 344 g/mol. The Kier molecular flexibility index (Phi) is 5.22. The van der Waals surface area contributed by atoms with Gasteiger partial charge in [-0.1, -0.05) is 6.42 Å². The molecule has 2 heterocycles. The standard InChI is InChI=1S/C17H24N2O3S2/c1-13-6-3-4-10-19(13)24(21,22)15-7-8-17-16(12-15)18(14(2)20)9-5-11-23-17/h7-8,12-13H,3-6,9-11H2,1-2H3/t13-/m0/s1. The van der Waals surface area contributed by atoms with Crippen LogP contribution in [0.4, 0.5) is 5.69 Å². The highest BCUT2D eigenvalue weighted by molar-refractivity contribution is 7.99. The quantitative estimate of drug-likeness (QED) is 0.805. The van der Waals surface area contributed by atoms with Crippen molar-refractivity contribution in [2.24, 2.45) is 0 Å². The van der Waals surface area contributed by atoms with Gasteiger partial charge < -0.3 is 4.90 Å². The number of sulfonamides is 1. The Hall–Kier alpha value is -1.05. The van der Waals surface area contributed by atoms with E-state index in [1.807, 2.05) is 13.0 Å². The van der Waals surface area contributed by atoms with Crippen LogP contribution in [-0.4, -0.2) is 43.5 Å². The number of anilines is 1. The van der Waals surface area contributed by atoms with Gasteiger partial charge in [-0.25, -0.2) is 8.42 Å². The maximum atomic E-state index is 13.1. The largest absolute Gasteiger partial charge is 0.311 e. The topological polar surface area (TPSA) is 57.7 Å². The van der Waals surface area contributed by atoms with Crippen molar-refractivity contribution in [1.82, 2.24) is 4.31 Å². The van der Waals surface area contributed by atoms with Crippen molar-refractivity contribution < 1.29 is 13.2 Å². The second-order valence-corrected chi connectivity index (χ2v) is 9.49. The third-order valence-electron chi connectivity index (χ3n) is 4.73. The second kappa shape index (κ2) is 7.06. The molecule has 0 aromatic heterocycles. The molecule has 1 amide bonds. The van der Waals surface area contributed by atoms with Gasteiger partial charge >= 0.3 is 0 Å². The van der Waals surface area contributed by atoms with Gasteiger partial charge in [0.2, 0.25) is 15.9 Å². The molecule has 1 aromatic rings. The van der Waals surface area contributed by atoms with Crippen LogP contribution in [0.1, 0.15) is 39.5 Å². The van der Waals surface area contributed by atoms with Gasteiger partial charge in [0.25, 0.3) is 0 Å². The number of rotatable bonds is 2. The Balaban J connectivity index is 2.02. The number of hydrogen-bond donors (Lipinski definition) is 0. The highest BCUT2D eigenvalue weighted by atomic mass is 32.2. The van der Waals surface area contributed by atoms with Crippen LogP contribution in [0, 0.1) is 0 Å². The first-order chi connectivity index (χ1) is 11.4. The number of nitrogens with zero attached hydrogens (tertiary/aromatic N) is 2. The summed E-state index contributed by atoms with van der Waals surface area (Å²) in [5.74, 6) is 0.895. The van der Waals surface area contributed by atoms with E-state index in [9.17, 15) is 13.2 Å². The molecule has 0 spiro atoms. The van der Waals surface area contributed by atoms with E-state index in [0.717, 1.165) is 42.0 Å². The molecule has 1 fully saturated rings. The summed E-state index contributed by atoms with van der Waals surface area (Å²) in [5, 5.41) is 0. The van der Waals surface area contributed by atoms with Crippen molar-refractivity contribution in [2.75, 3.05) is 23.7 Å². The van der Waals surface area contributed by atoms with E-state index >= 15 is 0 Å². The summed E-state index contributed by atoms with van der Waals surface area (Å²) in [5.41, 5.74) is 0.732. The number of carbonyl (C=O) groups excluding carboxylic acids is 1. The summed E-state index contributed by atoms with van der Waals surface area (Å²) in [6.07, 6.45) is 3.79. The molecule has 0 unspecified atom stereocenters. The van der Waals surface area contributed by atoms with Crippen molar-refractivity contribution in [1.29, 1.82) is 0 Å². The van der Waals surface area contributed by atoms with Crippen molar-refractivity contribution in [2.45, 2.75) is 55.4 Å². The molecule has 2 aliphatic rings. The fourth-order valence-corrected chi connectivity index (χ4v) is 6.10. The molecule has 0 bridgehead atoms. The molecular formula is C17H24N2O3S2. The Morgan fingerprint density at radius 1 is 1.21 bits per heavy atom. The predicted octanol–water partition coefficient (Wildman–Crippen LogP) is 3.10. The summed E-state index contributed by atoms with van der Waals surface area (Å²) in [4.78, 5) is 15.0. The summed E-state index contributed by atoms with van der Waals surface area (Å²) >= 11 is 1.68. The molecule has 3 rings (SSSR count). The third-order valence-corrected chi connectivity index (χ3v) is 7.89. The Labute approximate surface area is 148 Å². The third kappa shape index (κ3) is 3.34. The normalized spacial score (nSPS) is 22.8. The van der Waals surface area contributed by atoms with Gasteiger partial charge in [-0.15, -0.1) is 11.8 Å². The number of thioether (sulfide) groups is 1. The van der Waals surface area contributed by atoms with E-state index in [2.05, 4.69) is 0 Å². The van der Waals surface area contributed by atoms with Crippen LogP contribution >= 0.6 is 11.8 Å². The number of piperidine rings is 1. The summed E-state index contributed by atoms with van der Waals surface area (Å²) in [6, 6.07) is 5.25. The van der Waals surface area contributed by atoms with Gasteiger partial charge in [-0.05, 0) is 50.1 Å². The zero-order valence-corrected chi connectivity index (χ0v) is 15.8. The van der Waals surface area contributed by atoms with Crippen LogP contribution in [0.15, 0.2) is 28.0 Å². The summed E-state index contributed by atoms with van der Waals surface area (Å²) < 4.78 is 27.7. The maximum absolute atomic E-state index is 13.1. The summed E-state index contributed by atoms with van der Waals surface area (Å²) in [6.45, 7) is 4.72. The minimum atomic E-state index is -3.52. The molecule has 0 aliphatic carbocycles. The average molecular weight is 369 g/mol. The first-order valence-corrected chi connectivity index (χ1v) is 10.9. The van der Waals surface area contributed by atoms with E-state index in [4.69, 9.17) is 0 Å². The van der Waals surface area contributed by atoms with E-state index in [1.54, 1.807) is 33.1 Å². The van der Waals surface area contributed by atoms with Gasteiger partial charge in [0.1, 0.15) is 0 Å². The molecule has 7 heteroatoms. The number of fused-ring (bicyclic) bond motifs is 1. The van der Waals surface area contributed by atoms with Gasteiger partial charge in [0.05, 0.1) is 10.6 Å². The number of carbonyl (C=O) groups is 1. The predicted molar refractivity (Wildman–Crippen MR) is 97.0 cm³/mol. The van der Waals surface area contributed by atoms with Gasteiger partial charge in [0, 0.05) is 31.0 Å². The molecule has 132 valence electrons. The van der Waals surface area contributed by atoms with Crippen molar-refractivity contribution in [3.63, 3.8) is 0 Å². The second-order valence-electron chi connectivity index (χ2n) is 6.46. The van der Waals surface area contributed by atoms with Crippen LogP contribution in [-0.2, 0) is 14.8 Å². The Morgan fingerprint density at radius 2 is 2.00 bits per heavy atom. The smallest absolute Gasteiger partial charge is 0.243 e. The van der Waals surface area contributed by atoms with Crippen LogP contribution in [0.3, 0.4) is 0 Å². The highest BCUT2D eigenvalue weighted by Crippen LogP contribution is 2.37. The fourth-order valence-electron chi connectivity index (χ4n) is 3.41. The monoisotopic (exact) mass is 368 g/mol. The van der Waals surface area contributed by atoms with E-state index in [0.29, 0.717) is 18.0 Å². The molecule has 1 atom stereocenters.